The van der Waals surface area contributed by atoms with E-state index in [1.54, 1.807) is 12.1 Å². The lowest BCUT2D eigenvalue weighted by Crippen LogP contribution is -2.14. The third-order valence-corrected chi connectivity index (χ3v) is 5.16. The Morgan fingerprint density at radius 1 is 1.23 bits per heavy atom. The number of benzene rings is 2. The molecule has 2 heterocycles. The Balaban J connectivity index is 1.58. The molecule has 0 unspecified atom stereocenters. The zero-order chi connectivity index (χ0) is 18.1. The molecule has 6 nitrogen and oxygen atoms in total. The van der Waals surface area contributed by atoms with Crippen molar-refractivity contribution in [1.82, 2.24) is 19.6 Å². The smallest absolute Gasteiger partial charge is 0.231 e. The standard InChI is InChI=1S/C19H18N4O2S/c1-3-25-14-10-8-13(9-11-14)17(24)12(2)26-19-22-21-18-20-15-6-4-5-7-16(15)23(18)19/h4-12H,3H2,1-2H3,(H,20,21)/t12-/m1/s1. The van der Waals surface area contributed by atoms with Gasteiger partial charge in [0, 0.05) is 5.56 Å². The number of ether oxygens (including phenoxy) is 1. The number of hydrogen-bond acceptors (Lipinski definition) is 5. The van der Waals surface area contributed by atoms with Gasteiger partial charge in [0.25, 0.3) is 0 Å². The molecule has 0 radical (unpaired) electrons. The zero-order valence-electron chi connectivity index (χ0n) is 14.5. The molecule has 4 rings (SSSR count). The summed E-state index contributed by atoms with van der Waals surface area (Å²) in [6.45, 7) is 4.43. The quantitative estimate of drug-likeness (QED) is 0.413. The molecule has 0 fully saturated rings. The van der Waals surface area contributed by atoms with E-state index in [1.165, 1.54) is 11.8 Å². The van der Waals surface area contributed by atoms with E-state index in [-0.39, 0.29) is 11.0 Å². The predicted molar refractivity (Wildman–Crippen MR) is 102 cm³/mol. The largest absolute Gasteiger partial charge is 0.494 e. The number of nitrogens with one attached hydrogen (secondary N) is 1. The molecule has 0 aliphatic carbocycles. The molecule has 0 aliphatic rings. The van der Waals surface area contributed by atoms with E-state index in [2.05, 4.69) is 15.2 Å². The second kappa shape index (κ2) is 6.84. The molecule has 7 heteroatoms. The molecule has 1 atom stereocenters. The number of ketones is 1. The second-order valence-corrected chi connectivity index (χ2v) is 7.16. The van der Waals surface area contributed by atoms with Crippen molar-refractivity contribution in [3.8, 4) is 5.75 Å². The minimum Gasteiger partial charge on any atom is -0.494 e. The van der Waals surface area contributed by atoms with Gasteiger partial charge in [-0.3, -0.25) is 9.20 Å². The van der Waals surface area contributed by atoms with Crippen LogP contribution in [0.5, 0.6) is 5.75 Å². The lowest BCUT2D eigenvalue weighted by atomic mass is 10.1. The van der Waals surface area contributed by atoms with Gasteiger partial charge in [-0.2, -0.15) is 0 Å². The van der Waals surface area contributed by atoms with Crippen LogP contribution in [0.15, 0.2) is 53.7 Å². The third-order valence-electron chi connectivity index (χ3n) is 4.10. The van der Waals surface area contributed by atoms with Crippen molar-refractivity contribution in [2.75, 3.05) is 6.61 Å². The highest BCUT2D eigenvalue weighted by Gasteiger charge is 2.20. The maximum absolute atomic E-state index is 12.8. The van der Waals surface area contributed by atoms with E-state index in [0.717, 1.165) is 21.9 Å². The van der Waals surface area contributed by atoms with Gasteiger partial charge in [-0.1, -0.05) is 23.9 Å². The topological polar surface area (TPSA) is 72.3 Å². The number of Topliss-reactive ketones (excluding diaryl/α,β-unsaturated/α-hetero) is 1. The fourth-order valence-corrected chi connectivity index (χ4v) is 3.80. The summed E-state index contributed by atoms with van der Waals surface area (Å²) in [7, 11) is 0. The molecule has 0 aliphatic heterocycles. The van der Waals surface area contributed by atoms with Crippen LogP contribution in [0.3, 0.4) is 0 Å². The number of aromatic nitrogens is 4. The van der Waals surface area contributed by atoms with Crippen molar-refractivity contribution in [2.24, 2.45) is 0 Å². The van der Waals surface area contributed by atoms with Crippen LogP contribution in [0.4, 0.5) is 0 Å². The first-order valence-corrected chi connectivity index (χ1v) is 9.30. The van der Waals surface area contributed by atoms with Gasteiger partial charge in [0.1, 0.15) is 5.75 Å². The van der Waals surface area contributed by atoms with Gasteiger partial charge in [-0.25, -0.2) is 10.1 Å². The van der Waals surface area contributed by atoms with Crippen LogP contribution in [-0.2, 0) is 0 Å². The Morgan fingerprint density at radius 3 is 2.77 bits per heavy atom. The number of carbonyl (C=O) groups is 1. The minimum absolute atomic E-state index is 0.0543. The molecule has 4 aromatic rings. The summed E-state index contributed by atoms with van der Waals surface area (Å²) in [5.74, 6) is 1.50. The van der Waals surface area contributed by atoms with Crippen molar-refractivity contribution in [3.05, 3.63) is 54.1 Å². The number of H-pyrrole nitrogens is 1. The number of carbonyl (C=O) groups excluding carboxylic acids is 1. The highest BCUT2D eigenvalue weighted by atomic mass is 32.2. The molecule has 2 aromatic carbocycles. The Morgan fingerprint density at radius 2 is 2.00 bits per heavy atom. The van der Waals surface area contributed by atoms with Crippen molar-refractivity contribution in [1.29, 1.82) is 0 Å². The van der Waals surface area contributed by atoms with Crippen LogP contribution in [0.1, 0.15) is 24.2 Å². The Kier molecular flexibility index (Phi) is 4.38. The van der Waals surface area contributed by atoms with Crippen LogP contribution < -0.4 is 4.74 Å². The van der Waals surface area contributed by atoms with Crippen molar-refractivity contribution in [3.63, 3.8) is 0 Å². The average molecular weight is 366 g/mol. The van der Waals surface area contributed by atoms with Crippen LogP contribution >= 0.6 is 11.8 Å². The lowest BCUT2D eigenvalue weighted by Gasteiger charge is -2.10. The number of imidazole rings is 1. The number of nitrogens with zero attached hydrogens (tertiary/aromatic N) is 3. The van der Waals surface area contributed by atoms with E-state index in [9.17, 15) is 4.79 Å². The van der Waals surface area contributed by atoms with E-state index < -0.39 is 0 Å². The number of rotatable bonds is 6. The summed E-state index contributed by atoms with van der Waals surface area (Å²) < 4.78 is 7.37. The SMILES string of the molecule is CCOc1ccc(C(=O)[C@@H](C)Sc2n[nH]c3nc4ccccc4n23)cc1. The molecule has 1 N–H and O–H groups in total. The summed E-state index contributed by atoms with van der Waals surface area (Å²) in [4.78, 5) is 17.3. The maximum atomic E-state index is 12.8. The second-order valence-electron chi connectivity index (χ2n) is 5.85. The van der Waals surface area contributed by atoms with E-state index >= 15 is 0 Å². The first-order valence-electron chi connectivity index (χ1n) is 8.42. The van der Waals surface area contributed by atoms with Crippen molar-refractivity contribution in [2.45, 2.75) is 24.3 Å². The highest BCUT2D eigenvalue weighted by molar-refractivity contribution is 8.00. The summed E-state index contributed by atoms with van der Waals surface area (Å²) in [6, 6.07) is 15.1. The van der Waals surface area contributed by atoms with Gasteiger partial charge in [0.05, 0.1) is 22.9 Å². The third kappa shape index (κ3) is 2.94. The summed E-state index contributed by atoms with van der Waals surface area (Å²) >= 11 is 1.42. The molecule has 2 aromatic heterocycles. The molecule has 0 saturated heterocycles. The Labute approximate surface area is 154 Å². The first-order chi connectivity index (χ1) is 12.7. The van der Waals surface area contributed by atoms with Gasteiger partial charge in [-0.05, 0) is 50.2 Å². The normalized spacial score (nSPS) is 12.5. The first kappa shape index (κ1) is 16.7. The fourth-order valence-electron chi connectivity index (χ4n) is 2.85. The van der Waals surface area contributed by atoms with Crippen LogP contribution in [0.2, 0.25) is 0 Å². The molecule has 0 spiro atoms. The van der Waals surface area contributed by atoms with Gasteiger partial charge >= 0.3 is 0 Å². The van der Waals surface area contributed by atoms with E-state index in [4.69, 9.17) is 4.74 Å². The van der Waals surface area contributed by atoms with Crippen LogP contribution in [0, 0.1) is 0 Å². The number of para-hydroxylation sites is 2. The fraction of sp³-hybridized carbons (Fsp3) is 0.211. The van der Waals surface area contributed by atoms with Gasteiger partial charge in [-0.15, -0.1) is 5.10 Å². The summed E-state index contributed by atoms with van der Waals surface area (Å²) in [6.07, 6.45) is 0. The summed E-state index contributed by atoms with van der Waals surface area (Å²) in [5.41, 5.74) is 2.53. The molecule has 26 heavy (non-hydrogen) atoms. The number of hydrogen-bond donors (Lipinski definition) is 1. The van der Waals surface area contributed by atoms with Crippen LogP contribution in [0.25, 0.3) is 16.8 Å². The predicted octanol–water partition coefficient (Wildman–Crippen LogP) is 3.97. The van der Waals surface area contributed by atoms with E-state index in [1.807, 2.05) is 54.6 Å². The van der Waals surface area contributed by atoms with Crippen LogP contribution in [-0.4, -0.2) is 37.2 Å². The number of fused-ring (bicyclic) bond motifs is 3. The number of thioether (sulfide) groups is 1. The molecule has 0 amide bonds. The Hall–Kier alpha value is -2.80. The van der Waals surface area contributed by atoms with Crippen molar-refractivity contribution < 1.29 is 9.53 Å². The van der Waals surface area contributed by atoms with Crippen molar-refractivity contribution >= 4 is 34.4 Å². The van der Waals surface area contributed by atoms with Gasteiger partial charge in [0.15, 0.2) is 10.9 Å². The van der Waals surface area contributed by atoms with E-state index in [0.29, 0.717) is 17.9 Å². The molecule has 132 valence electrons. The zero-order valence-corrected chi connectivity index (χ0v) is 15.3. The molecular formula is C19H18N4O2S. The molecule has 0 bridgehead atoms. The van der Waals surface area contributed by atoms with Gasteiger partial charge < -0.3 is 4.74 Å². The lowest BCUT2D eigenvalue weighted by molar-refractivity contribution is 0.0994. The highest BCUT2D eigenvalue weighted by Crippen LogP contribution is 2.28. The molecular weight excluding hydrogens is 348 g/mol. The summed E-state index contributed by atoms with van der Waals surface area (Å²) in [5, 5.41) is 7.71. The maximum Gasteiger partial charge on any atom is 0.231 e. The average Bonchev–Trinajstić information content (AvgIpc) is 3.22. The molecule has 0 saturated carbocycles. The monoisotopic (exact) mass is 366 g/mol. The van der Waals surface area contributed by atoms with Gasteiger partial charge in [0.2, 0.25) is 5.78 Å². The minimum atomic E-state index is -0.277. The number of aromatic amines is 1. The Bertz CT molecular complexity index is 1070.